The molecule has 10 heteroatoms. The number of nitrogen functional groups attached to an aromatic ring is 1. The molecule has 0 atom stereocenters. The third-order valence-corrected chi connectivity index (χ3v) is 5.40. The van der Waals surface area contributed by atoms with Crippen LogP contribution in [0.3, 0.4) is 0 Å². The van der Waals surface area contributed by atoms with Crippen LogP contribution in [0.4, 0.5) is 5.82 Å². The standard InChI is InChI=1S/C26H26N4O6/c1-6-36-26(32)23-22(17-9-7-8-10-20(17)34-4)19(14-27)25(31)30(24(23)28)29-15(2)18-13-16(33-3)11-12-21(18)35-5/h7-13H,6,28H2,1-5H3. The topological polar surface area (TPSA) is 138 Å². The monoisotopic (exact) mass is 490 g/mol. The van der Waals surface area contributed by atoms with E-state index in [4.69, 9.17) is 24.7 Å². The molecule has 0 aliphatic heterocycles. The fourth-order valence-electron chi connectivity index (χ4n) is 3.72. The van der Waals surface area contributed by atoms with Crippen molar-refractivity contribution in [2.45, 2.75) is 13.8 Å². The lowest BCUT2D eigenvalue weighted by atomic mass is 9.95. The molecule has 0 aliphatic carbocycles. The van der Waals surface area contributed by atoms with Crippen LogP contribution in [-0.4, -0.2) is 44.3 Å². The van der Waals surface area contributed by atoms with Crippen LogP contribution in [0, 0.1) is 11.3 Å². The number of nitriles is 1. The first-order valence-electron chi connectivity index (χ1n) is 10.9. The van der Waals surface area contributed by atoms with Gasteiger partial charge in [0.25, 0.3) is 5.56 Å². The van der Waals surface area contributed by atoms with Crippen LogP contribution in [-0.2, 0) is 4.74 Å². The minimum atomic E-state index is -0.815. The van der Waals surface area contributed by atoms with Crippen LogP contribution in [0.1, 0.15) is 35.3 Å². The summed E-state index contributed by atoms with van der Waals surface area (Å²) in [5.74, 6) is 0.252. The highest BCUT2D eigenvalue weighted by atomic mass is 16.5. The maximum absolute atomic E-state index is 13.5. The van der Waals surface area contributed by atoms with E-state index in [0.29, 0.717) is 34.1 Å². The summed E-state index contributed by atoms with van der Waals surface area (Å²) in [6, 6.07) is 13.7. The van der Waals surface area contributed by atoms with Gasteiger partial charge in [0, 0.05) is 16.7 Å². The van der Waals surface area contributed by atoms with E-state index in [1.807, 2.05) is 6.07 Å². The molecule has 1 aromatic heterocycles. The number of nitrogens with zero attached hydrogens (tertiary/aromatic N) is 3. The van der Waals surface area contributed by atoms with E-state index in [-0.39, 0.29) is 29.1 Å². The molecule has 0 amide bonds. The fraction of sp³-hybridized carbons (Fsp3) is 0.231. The number of hydrogen-bond acceptors (Lipinski definition) is 9. The number of methoxy groups -OCH3 is 3. The van der Waals surface area contributed by atoms with Gasteiger partial charge in [-0.2, -0.15) is 15.0 Å². The first kappa shape index (κ1) is 25.8. The quantitative estimate of drug-likeness (QED) is 0.374. The summed E-state index contributed by atoms with van der Waals surface area (Å²) in [5.41, 5.74) is 6.24. The summed E-state index contributed by atoms with van der Waals surface area (Å²) in [6.45, 7) is 3.32. The number of para-hydroxylation sites is 1. The van der Waals surface area contributed by atoms with Crippen LogP contribution in [0.15, 0.2) is 52.4 Å². The van der Waals surface area contributed by atoms with Gasteiger partial charge >= 0.3 is 5.97 Å². The molecule has 1 heterocycles. The number of carbonyl (C=O) groups is 1. The zero-order chi connectivity index (χ0) is 26.4. The number of aromatic nitrogens is 1. The Balaban J connectivity index is 2.41. The van der Waals surface area contributed by atoms with Crippen molar-refractivity contribution in [3.63, 3.8) is 0 Å². The molecule has 0 aliphatic rings. The number of benzene rings is 2. The van der Waals surface area contributed by atoms with E-state index < -0.39 is 11.5 Å². The first-order valence-corrected chi connectivity index (χ1v) is 10.9. The van der Waals surface area contributed by atoms with Gasteiger partial charge in [0.15, 0.2) is 0 Å². The molecule has 3 aromatic rings. The summed E-state index contributed by atoms with van der Waals surface area (Å²) in [7, 11) is 4.45. The Bertz CT molecular complexity index is 1440. The smallest absolute Gasteiger partial charge is 0.342 e. The molecule has 0 radical (unpaired) electrons. The summed E-state index contributed by atoms with van der Waals surface area (Å²) in [4.78, 5) is 26.6. The number of anilines is 1. The molecule has 0 fully saturated rings. The second-order valence-electron chi connectivity index (χ2n) is 7.41. The van der Waals surface area contributed by atoms with Gasteiger partial charge < -0.3 is 24.7 Å². The van der Waals surface area contributed by atoms with E-state index in [1.165, 1.54) is 21.3 Å². The van der Waals surface area contributed by atoms with Crippen molar-refractivity contribution in [2.75, 3.05) is 33.7 Å². The number of ether oxygens (including phenoxy) is 4. The molecular weight excluding hydrogens is 464 g/mol. The van der Waals surface area contributed by atoms with Crippen molar-refractivity contribution in [3.05, 3.63) is 69.5 Å². The predicted octanol–water partition coefficient (Wildman–Crippen LogP) is 3.44. The summed E-state index contributed by atoms with van der Waals surface area (Å²) in [5, 5.41) is 14.4. The van der Waals surface area contributed by atoms with Crippen molar-refractivity contribution < 1.29 is 23.7 Å². The molecule has 0 bridgehead atoms. The lowest BCUT2D eigenvalue weighted by Gasteiger charge is -2.18. The minimum absolute atomic E-state index is 0.0129. The van der Waals surface area contributed by atoms with Crippen molar-refractivity contribution in [2.24, 2.45) is 5.10 Å². The highest BCUT2D eigenvalue weighted by Crippen LogP contribution is 2.36. The zero-order valence-electron chi connectivity index (χ0n) is 20.6. The maximum atomic E-state index is 13.5. The highest BCUT2D eigenvalue weighted by molar-refractivity contribution is 6.04. The predicted molar refractivity (Wildman–Crippen MR) is 135 cm³/mol. The Morgan fingerprint density at radius 1 is 1.08 bits per heavy atom. The van der Waals surface area contributed by atoms with E-state index in [9.17, 15) is 14.9 Å². The van der Waals surface area contributed by atoms with Crippen LogP contribution in [0.5, 0.6) is 17.2 Å². The van der Waals surface area contributed by atoms with Crippen LogP contribution in [0.25, 0.3) is 11.1 Å². The molecule has 2 N–H and O–H groups in total. The third-order valence-electron chi connectivity index (χ3n) is 5.40. The second-order valence-corrected chi connectivity index (χ2v) is 7.41. The van der Waals surface area contributed by atoms with E-state index in [2.05, 4.69) is 5.10 Å². The van der Waals surface area contributed by atoms with E-state index in [1.54, 1.807) is 56.3 Å². The molecule has 0 unspecified atom stereocenters. The largest absolute Gasteiger partial charge is 0.497 e. The minimum Gasteiger partial charge on any atom is -0.497 e. The van der Waals surface area contributed by atoms with Crippen LogP contribution >= 0.6 is 0 Å². The van der Waals surface area contributed by atoms with Gasteiger partial charge in [-0.1, -0.05) is 18.2 Å². The van der Waals surface area contributed by atoms with E-state index >= 15 is 0 Å². The van der Waals surface area contributed by atoms with Crippen molar-refractivity contribution in [1.29, 1.82) is 5.26 Å². The van der Waals surface area contributed by atoms with Gasteiger partial charge in [-0.15, -0.1) is 0 Å². The second kappa shape index (κ2) is 11.1. The molecule has 3 rings (SSSR count). The van der Waals surface area contributed by atoms with Gasteiger partial charge in [0.05, 0.1) is 33.6 Å². The zero-order valence-corrected chi connectivity index (χ0v) is 20.6. The number of nitrogens with two attached hydrogens (primary N) is 1. The Morgan fingerprint density at radius 2 is 1.78 bits per heavy atom. The summed E-state index contributed by atoms with van der Waals surface area (Å²) in [6.07, 6.45) is 0. The third kappa shape index (κ3) is 4.72. The van der Waals surface area contributed by atoms with Gasteiger partial charge in [0.1, 0.15) is 40.3 Å². The fourth-order valence-corrected chi connectivity index (χ4v) is 3.72. The molecule has 0 saturated heterocycles. The Kier molecular flexibility index (Phi) is 7.96. The lowest BCUT2D eigenvalue weighted by molar-refractivity contribution is 0.0527. The Morgan fingerprint density at radius 3 is 2.39 bits per heavy atom. The van der Waals surface area contributed by atoms with Crippen LogP contribution < -0.4 is 25.5 Å². The maximum Gasteiger partial charge on any atom is 0.342 e. The van der Waals surface area contributed by atoms with Gasteiger partial charge in [-0.3, -0.25) is 4.79 Å². The number of rotatable bonds is 8. The normalized spacial score (nSPS) is 10.9. The average molecular weight is 491 g/mol. The van der Waals surface area contributed by atoms with E-state index in [0.717, 1.165) is 4.68 Å². The summed E-state index contributed by atoms with van der Waals surface area (Å²) < 4.78 is 22.1. The van der Waals surface area contributed by atoms with Crippen molar-refractivity contribution in [3.8, 4) is 34.4 Å². The lowest BCUT2D eigenvalue weighted by Crippen LogP contribution is -2.28. The van der Waals surface area contributed by atoms with Gasteiger partial charge in [-0.25, -0.2) is 4.79 Å². The first-order chi connectivity index (χ1) is 17.3. The average Bonchev–Trinajstić information content (AvgIpc) is 2.90. The molecule has 0 spiro atoms. The molecule has 186 valence electrons. The number of carbonyl (C=O) groups excluding carboxylic acids is 1. The SMILES string of the molecule is CCOC(=O)c1c(-c2ccccc2OC)c(C#N)c(=O)n(N=C(C)c2cc(OC)ccc2OC)c1N. The highest BCUT2D eigenvalue weighted by Gasteiger charge is 2.29. The Labute approximate surface area is 208 Å². The number of pyridine rings is 1. The Hall–Kier alpha value is -4.78. The molecule has 10 nitrogen and oxygen atoms in total. The molecule has 2 aromatic carbocycles. The van der Waals surface area contributed by atoms with Gasteiger partial charge in [-0.05, 0) is 38.1 Å². The molecule has 0 saturated carbocycles. The number of esters is 1. The van der Waals surface area contributed by atoms with Gasteiger partial charge in [0.2, 0.25) is 0 Å². The van der Waals surface area contributed by atoms with Crippen molar-refractivity contribution >= 4 is 17.5 Å². The van der Waals surface area contributed by atoms with Crippen molar-refractivity contribution in [1.82, 2.24) is 4.68 Å². The molecular formula is C26H26N4O6. The molecule has 36 heavy (non-hydrogen) atoms. The number of hydrogen-bond donors (Lipinski definition) is 1. The van der Waals surface area contributed by atoms with Crippen LogP contribution in [0.2, 0.25) is 0 Å². The summed E-state index contributed by atoms with van der Waals surface area (Å²) >= 11 is 0.